The van der Waals surface area contributed by atoms with Gasteiger partial charge in [0.05, 0.1) is 0 Å². The molecular weight excluding hydrogens is 216 g/mol. The Morgan fingerprint density at radius 3 is 2.79 bits per heavy atom. The van der Waals surface area contributed by atoms with Crippen LogP contribution in [0.25, 0.3) is 0 Å². The second-order valence-electron chi connectivity index (χ2n) is 3.55. The fraction of sp³-hybridized carbons (Fsp3) is 0.700. The minimum absolute atomic E-state index is 0.855. The van der Waals surface area contributed by atoms with Crippen molar-refractivity contribution in [3.63, 3.8) is 0 Å². The number of ether oxygens (including phenoxy) is 1. The third-order valence-corrected chi connectivity index (χ3v) is 3.23. The quantitative estimate of drug-likeness (QED) is 0.614. The molecule has 3 nitrogen and oxygen atoms in total. The van der Waals surface area contributed by atoms with E-state index in [1.807, 2.05) is 0 Å². The molecule has 0 aliphatic carbocycles. The molecule has 0 atom stereocenters. The van der Waals surface area contributed by atoms with Crippen LogP contribution in [0.15, 0.2) is 12.2 Å². The van der Waals surface area contributed by atoms with E-state index in [1.165, 1.54) is 4.50 Å². The molecule has 2 aliphatic rings. The van der Waals surface area contributed by atoms with Crippen molar-refractivity contribution in [3.8, 4) is 0 Å². The van der Waals surface area contributed by atoms with Crippen molar-refractivity contribution in [2.24, 2.45) is 0 Å². The summed E-state index contributed by atoms with van der Waals surface area (Å²) in [4.78, 5) is 0. The number of rotatable bonds is 1. The van der Waals surface area contributed by atoms with Crippen LogP contribution in [0.3, 0.4) is 0 Å². The van der Waals surface area contributed by atoms with Crippen molar-refractivity contribution in [1.29, 1.82) is 0 Å². The average Bonchev–Trinajstić information content (AvgIpc) is 2.44. The molecule has 0 amide bonds. The first-order chi connectivity index (χ1) is 6.88. The summed E-state index contributed by atoms with van der Waals surface area (Å²) >= 11 is 3.19. The Hall–Kier alpha value is 0.0225. The molecule has 2 heterocycles. The van der Waals surface area contributed by atoms with Crippen molar-refractivity contribution in [3.05, 3.63) is 12.2 Å². The maximum atomic E-state index is 5.35. The molecule has 0 radical (unpaired) electrons. The van der Waals surface area contributed by atoms with Crippen LogP contribution in [0, 0.1) is 0 Å². The van der Waals surface area contributed by atoms with Crippen molar-refractivity contribution in [2.75, 3.05) is 32.8 Å². The van der Waals surface area contributed by atoms with Gasteiger partial charge in [-0.3, -0.25) is 0 Å². The zero-order valence-corrected chi connectivity index (χ0v) is 9.59. The molecule has 1 saturated heterocycles. The Morgan fingerprint density at radius 2 is 2.00 bits per heavy atom. The van der Waals surface area contributed by atoms with Crippen LogP contribution in [-0.4, -0.2) is 47.4 Å². The number of hydrogen-bond donors (Lipinski definition) is 0. The molecule has 14 heavy (non-hydrogen) atoms. The standard InChI is InChI=1S/C10H16N2O.Cr/c1-2-4-6-11(5-3-1)12-7-9-13-10-8-12;/h1,3H,2,4-5,7-10H2;. The second-order valence-corrected chi connectivity index (χ2v) is 4.29. The fourth-order valence-corrected chi connectivity index (χ4v) is 2.28. The number of hydrogen-bond acceptors (Lipinski definition) is 3. The zero-order valence-electron chi connectivity index (χ0n) is 8.32. The van der Waals surface area contributed by atoms with E-state index in [4.69, 9.17) is 4.74 Å². The van der Waals surface area contributed by atoms with E-state index in [0.29, 0.717) is 0 Å². The molecule has 0 aromatic heterocycles. The summed E-state index contributed by atoms with van der Waals surface area (Å²) < 4.78 is 6.71. The van der Waals surface area contributed by atoms with Crippen LogP contribution >= 0.6 is 0 Å². The normalized spacial score (nSPS) is 26.4. The molecule has 2 rings (SSSR count). The Balaban J connectivity index is 1.98. The van der Waals surface area contributed by atoms with E-state index in [1.54, 1.807) is 0 Å². The van der Waals surface area contributed by atoms with Gasteiger partial charge >= 0.3 is 93.0 Å². The minimum atomic E-state index is 0.855. The van der Waals surface area contributed by atoms with Crippen LogP contribution in [-0.2, 0) is 20.6 Å². The van der Waals surface area contributed by atoms with Gasteiger partial charge in [0.25, 0.3) is 0 Å². The third-order valence-electron chi connectivity index (χ3n) is 2.59. The van der Waals surface area contributed by atoms with E-state index >= 15 is 0 Å². The van der Waals surface area contributed by atoms with Crippen LogP contribution in [0.1, 0.15) is 12.8 Å². The van der Waals surface area contributed by atoms with Gasteiger partial charge in [-0.2, -0.15) is 0 Å². The molecule has 4 heteroatoms. The topological polar surface area (TPSA) is 15.7 Å². The molecule has 0 bridgehead atoms. The molecular formula is C10H16CrN2O. The molecule has 0 saturated carbocycles. The predicted molar refractivity (Wildman–Crippen MR) is 52.5 cm³/mol. The molecule has 78 valence electrons. The number of allylic oxidation sites excluding steroid dienone is 1. The third kappa shape index (κ3) is 2.53. The average molecular weight is 232 g/mol. The van der Waals surface area contributed by atoms with Gasteiger partial charge in [0.2, 0.25) is 0 Å². The van der Waals surface area contributed by atoms with Gasteiger partial charge in [-0.1, -0.05) is 0 Å². The number of hydrazine groups is 1. The van der Waals surface area contributed by atoms with Crippen molar-refractivity contribution >= 4 is 4.50 Å². The fourth-order valence-electron chi connectivity index (χ4n) is 1.80. The van der Waals surface area contributed by atoms with Gasteiger partial charge < -0.3 is 0 Å². The zero-order chi connectivity index (χ0) is 9.80. The Morgan fingerprint density at radius 1 is 1.21 bits per heavy atom. The summed E-state index contributed by atoms with van der Waals surface area (Å²) in [5, 5.41) is 4.73. The van der Waals surface area contributed by atoms with Crippen molar-refractivity contribution in [1.82, 2.24) is 10.0 Å². The van der Waals surface area contributed by atoms with Gasteiger partial charge in [-0.25, -0.2) is 0 Å². The summed E-state index contributed by atoms with van der Waals surface area (Å²) in [6.45, 7) is 4.74. The SMILES string of the molecule is [Cr]=[C]1CCC=CCN1N1CCOCC1. The van der Waals surface area contributed by atoms with Gasteiger partial charge in [0.15, 0.2) is 0 Å². The Labute approximate surface area is 93.2 Å². The molecule has 0 aromatic carbocycles. The molecule has 0 spiro atoms. The van der Waals surface area contributed by atoms with E-state index in [2.05, 4.69) is 38.0 Å². The Kier molecular flexibility index (Phi) is 3.92. The van der Waals surface area contributed by atoms with E-state index in [9.17, 15) is 0 Å². The summed E-state index contributed by atoms with van der Waals surface area (Å²) in [6, 6.07) is 0. The van der Waals surface area contributed by atoms with Gasteiger partial charge in [0, 0.05) is 0 Å². The molecule has 0 unspecified atom stereocenters. The number of nitrogens with zero attached hydrogens (tertiary/aromatic N) is 2. The second kappa shape index (κ2) is 5.20. The summed E-state index contributed by atoms with van der Waals surface area (Å²) in [5.41, 5.74) is 0. The summed E-state index contributed by atoms with van der Waals surface area (Å²) in [5.74, 6) is 0. The van der Waals surface area contributed by atoms with E-state index in [0.717, 1.165) is 45.7 Å². The predicted octanol–water partition coefficient (Wildman–Crippen LogP) is 0.562. The Bertz CT molecular complexity index is 236. The molecule has 0 N–H and O–H groups in total. The first-order valence-electron chi connectivity index (χ1n) is 5.16. The summed E-state index contributed by atoms with van der Waals surface area (Å²) in [6.07, 6.45) is 6.80. The molecule has 2 aliphatic heterocycles. The van der Waals surface area contributed by atoms with Crippen LogP contribution < -0.4 is 0 Å². The van der Waals surface area contributed by atoms with Crippen LogP contribution in [0.2, 0.25) is 0 Å². The van der Waals surface area contributed by atoms with Gasteiger partial charge in [-0.05, 0) is 0 Å². The number of morpholine rings is 1. The van der Waals surface area contributed by atoms with Crippen LogP contribution in [0.4, 0.5) is 0 Å². The van der Waals surface area contributed by atoms with Crippen molar-refractivity contribution < 1.29 is 20.6 Å². The summed E-state index contributed by atoms with van der Waals surface area (Å²) in [7, 11) is 0. The maximum absolute atomic E-state index is 5.35. The molecule has 1 fully saturated rings. The van der Waals surface area contributed by atoms with Crippen molar-refractivity contribution in [2.45, 2.75) is 12.8 Å². The monoisotopic (exact) mass is 232 g/mol. The van der Waals surface area contributed by atoms with E-state index < -0.39 is 0 Å². The first-order valence-corrected chi connectivity index (χ1v) is 5.79. The van der Waals surface area contributed by atoms with E-state index in [-0.39, 0.29) is 0 Å². The van der Waals surface area contributed by atoms with Gasteiger partial charge in [-0.15, -0.1) is 0 Å². The van der Waals surface area contributed by atoms with Gasteiger partial charge in [0.1, 0.15) is 0 Å². The molecule has 0 aromatic rings. The van der Waals surface area contributed by atoms with Crippen LogP contribution in [0.5, 0.6) is 0 Å². The first kappa shape index (κ1) is 10.5.